The molecule has 0 aromatic rings. The third-order valence-corrected chi connectivity index (χ3v) is 5.66. The summed E-state index contributed by atoms with van der Waals surface area (Å²) in [6.45, 7) is 1.46. The molecule has 1 saturated heterocycles. The highest BCUT2D eigenvalue weighted by Crippen LogP contribution is 2.20. The van der Waals surface area contributed by atoms with Gasteiger partial charge in [0.05, 0.1) is 18.9 Å². The predicted octanol–water partition coefficient (Wildman–Crippen LogP) is 1.43. The average Bonchev–Trinajstić information content (AvgIpc) is 3.02. The molecule has 1 atom stereocenters. The minimum atomic E-state index is -3.38. The van der Waals surface area contributed by atoms with Crippen molar-refractivity contribution in [3.8, 4) is 0 Å². The van der Waals surface area contributed by atoms with Gasteiger partial charge in [0, 0.05) is 19.7 Å². The van der Waals surface area contributed by atoms with Crippen LogP contribution in [0, 0.1) is 0 Å². The number of nitrogens with zero attached hydrogens (tertiary/aromatic N) is 1. The van der Waals surface area contributed by atoms with Crippen LogP contribution in [0.3, 0.4) is 0 Å². The molecule has 1 aliphatic heterocycles. The highest BCUT2D eigenvalue weighted by Gasteiger charge is 2.22. The number of rotatable bonds is 8. The first-order valence-corrected chi connectivity index (χ1v) is 10.3. The molecule has 0 spiro atoms. The average molecular weight is 344 g/mol. The summed E-state index contributed by atoms with van der Waals surface area (Å²) in [5.41, 5.74) is 1.31. The van der Waals surface area contributed by atoms with E-state index in [1.165, 1.54) is 22.7 Å². The molecule has 2 rings (SSSR count). The van der Waals surface area contributed by atoms with Crippen molar-refractivity contribution in [1.29, 1.82) is 0 Å². The zero-order valence-electron chi connectivity index (χ0n) is 13.9. The summed E-state index contributed by atoms with van der Waals surface area (Å²) in [4.78, 5) is 12.0. The summed E-state index contributed by atoms with van der Waals surface area (Å²) in [7, 11) is -3.38. The number of nitrogens with one attached hydrogen (secondary N) is 1. The van der Waals surface area contributed by atoms with E-state index in [4.69, 9.17) is 4.74 Å². The Morgan fingerprint density at radius 1 is 1.39 bits per heavy atom. The van der Waals surface area contributed by atoms with Crippen molar-refractivity contribution < 1.29 is 17.9 Å². The maximum absolute atomic E-state index is 12.0. The Hall–Kier alpha value is -0.920. The molecule has 0 bridgehead atoms. The van der Waals surface area contributed by atoms with Gasteiger partial charge in [-0.15, -0.1) is 0 Å². The summed E-state index contributed by atoms with van der Waals surface area (Å²) in [6, 6.07) is 0. The van der Waals surface area contributed by atoms with E-state index in [1.807, 2.05) is 0 Å². The molecule has 1 N–H and O–H groups in total. The van der Waals surface area contributed by atoms with E-state index >= 15 is 0 Å². The standard InChI is InChI=1S/C16H28N2O4S/c1-23(20,21)18(10-9-14-6-3-2-4-7-14)13-16(19)17-12-15-8-5-11-22-15/h6,15H,2-5,7-13H2,1H3,(H,17,19). The Morgan fingerprint density at radius 2 is 2.22 bits per heavy atom. The first-order chi connectivity index (χ1) is 10.9. The molecule has 0 saturated carbocycles. The van der Waals surface area contributed by atoms with Crippen LogP contribution < -0.4 is 5.32 Å². The summed E-state index contributed by atoms with van der Waals surface area (Å²) in [6.07, 6.45) is 10.6. The predicted molar refractivity (Wildman–Crippen MR) is 89.6 cm³/mol. The summed E-state index contributed by atoms with van der Waals surface area (Å²) in [5.74, 6) is -0.261. The molecule has 1 amide bonds. The zero-order valence-corrected chi connectivity index (χ0v) is 14.7. The first-order valence-electron chi connectivity index (χ1n) is 8.46. The van der Waals surface area contributed by atoms with Crippen LogP contribution in [0.2, 0.25) is 0 Å². The van der Waals surface area contributed by atoms with Crippen molar-refractivity contribution in [3.63, 3.8) is 0 Å². The van der Waals surface area contributed by atoms with Crippen LogP contribution in [-0.4, -0.2) is 57.2 Å². The molecular weight excluding hydrogens is 316 g/mol. The molecule has 0 aromatic heterocycles. The second-order valence-corrected chi connectivity index (χ2v) is 8.38. The molecule has 132 valence electrons. The van der Waals surface area contributed by atoms with E-state index in [9.17, 15) is 13.2 Å². The maximum atomic E-state index is 12.0. The van der Waals surface area contributed by atoms with Crippen LogP contribution in [0.4, 0.5) is 0 Å². The third-order valence-electron chi connectivity index (χ3n) is 4.41. The molecule has 0 radical (unpaired) electrons. The number of amides is 1. The minimum absolute atomic E-state index is 0.0676. The van der Waals surface area contributed by atoms with E-state index in [0.717, 1.165) is 38.5 Å². The van der Waals surface area contributed by atoms with Gasteiger partial charge < -0.3 is 10.1 Å². The van der Waals surface area contributed by atoms with Gasteiger partial charge in [-0.3, -0.25) is 4.79 Å². The van der Waals surface area contributed by atoms with Crippen LogP contribution in [-0.2, 0) is 19.6 Å². The number of carbonyl (C=O) groups excluding carboxylic acids is 1. The van der Waals surface area contributed by atoms with Gasteiger partial charge in [-0.25, -0.2) is 8.42 Å². The molecule has 23 heavy (non-hydrogen) atoms. The van der Waals surface area contributed by atoms with Crippen LogP contribution in [0.15, 0.2) is 11.6 Å². The molecule has 2 aliphatic rings. The minimum Gasteiger partial charge on any atom is -0.376 e. The lowest BCUT2D eigenvalue weighted by molar-refractivity contribution is -0.121. The lowest BCUT2D eigenvalue weighted by Gasteiger charge is -2.21. The van der Waals surface area contributed by atoms with Crippen molar-refractivity contribution in [2.24, 2.45) is 0 Å². The fraction of sp³-hybridized carbons (Fsp3) is 0.812. The Kier molecular flexibility index (Phi) is 7.05. The normalized spacial score (nSPS) is 22.2. The molecule has 1 fully saturated rings. The van der Waals surface area contributed by atoms with E-state index in [1.54, 1.807) is 0 Å². The van der Waals surface area contributed by atoms with Crippen molar-refractivity contribution in [1.82, 2.24) is 9.62 Å². The van der Waals surface area contributed by atoms with E-state index in [-0.39, 0.29) is 18.6 Å². The van der Waals surface area contributed by atoms with E-state index in [0.29, 0.717) is 19.5 Å². The third kappa shape index (κ3) is 6.61. The zero-order chi connectivity index (χ0) is 16.7. The van der Waals surface area contributed by atoms with Crippen molar-refractivity contribution >= 4 is 15.9 Å². The van der Waals surface area contributed by atoms with Gasteiger partial charge in [-0.1, -0.05) is 11.6 Å². The van der Waals surface area contributed by atoms with Gasteiger partial charge in [0.15, 0.2) is 0 Å². The SMILES string of the molecule is CS(=O)(=O)N(CCC1=CCCCC1)CC(=O)NCC1CCCO1. The Bertz CT molecular complexity index is 524. The monoisotopic (exact) mass is 344 g/mol. The second kappa shape index (κ2) is 8.80. The van der Waals surface area contributed by atoms with Gasteiger partial charge in [-0.2, -0.15) is 4.31 Å². The molecule has 1 unspecified atom stereocenters. The lowest BCUT2D eigenvalue weighted by Crippen LogP contribution is -2.42. The summed E-state index contributed by atoms with van der Waals surface area (Å²) < 4.78 is 30.5. The van der Waals surface area contributed by atoms with Crippen LogP contribution in [0.25, 0.3) is 0 Å². The number of hydrogen-bond acceptors (Lipinski definition) is 4. The number of ether oxygens (including phenoxy) is 1. The quantitative estimate of drug-likeness (QED) is 0.676. The second-order valence-electron chi connectivity index (χ2n) is 6.39. The smallest absolute Gasteiger partial charge is 0.235 e. The Labute approximate surface area is 139 Å². The first kappa shape index (κ1) is 18.4. The molecule has 0 aromatic carbocycles. The summed E-state index contributed by atoms with van der Waals surface area (Å²) >= 11 is 0. The number of hydrogen-bond donors (Lipinski definition) is 1. The fourth-order valence-electron chi connectivity index (χ4n) is 3.01. The largest absolute Gasteiger partial charge is 0.376 e. The molecular formula is C16H28N2O4S. The van der Waals surface area contributed by atoms with Gasteiger partial charge in [0.2, 0.25) is 15.9 Å². The Balaban J connectivity index is 1.80. The highest BCUT2D eigenvalue weighted by molar-refractivity contribution is 7.88. The molecule has 1 heterocycles. The number of carbonyl (C=O) groups is 1. The van der Waals surface area contributed by atoms with Gasteiger partial charge >= 0.3 is 0 Å². The fourth-order valence-corrected chi connectivity index (χ4v) is 3.79. The van der Waals surface area contributed by atoms with Crippen LogP contribution >= 0.6 is 0 Å². The van der Waals surface area contributed by atoms with E-state index < -0.39 is 10.0 Å². The van der Waals surface area contributed by atoms with Gasteiger partial charge in [0.1, 0.15) is 0 Å². The molecule has 7 heteroatoms. The van der Waals surface area contributed by atoms with Gasteiger partial charge in [-0.05, 0) is 44.9 Å². The molecule has 1 aliphatic carbocycles. The van der Waals surface area contributed by atoms with Crippen molar-refractivity contribution in [2.75, 3.05) is 32.5 Å². The molecule has 6 nitrogen and oxygen atoms in total. The maximum Gasteiger partial charge on any atom is 0.235 e. The van der Waals surface area contributed by atoms with Gasteiger partial charge in [0.25, 0.3) is 0 Å². The van der Waals surface area contributed by atoms with Crippen molar-refractivity contribution in [3.05, 3.63) is 11.6 Å². The number of allylic oxidation sites excluding steroid dienone is 1. The van der Waals surface area contributed by atoms with Crippen LogP contribution in [0.5, 0.6) is 0 Å². The summed E-state index contributed by atoms with van der Waals surface area (Å²) in [5, 5.41) is 2.78. The topological polar surface area (TPSA) is 75.7 Å². The van der Waals surface area contributed by atoms with Crippen molar-refractivity contribution in [2.45, 2.75) is 51.0 Å². The van der Waals surface area contributed by atoms with E-state index in [2.05, 4.69) is 11.4 Å². The van der Waals surface area contributed by atoms with Crippen LogP contribution in [0.1, 0.15) is 44.9 Å². The highest BCUT2D eigenvalue weighted by atomic mass is 32.2. The Morgan fingerprint density at radius 3 is 2.83 bits per heavy atom. The lowest BCUT2D eigenvalue weighted by atomic mass is 9.97. The number of sulfonamides is 1.